The van der Waals surface area contributed by atoms with Crippen molar-refractivity contribution < 1.29 is 0 Å². The lowest BCUT2D eigenvalue weighted by Gasteiger charge is -2.18. The monoisotopic (exact) mass is 776 g/mol. The summed E-state index contributed by atoms with van der Waals surface area (Å²) < 4.78 is 0. The van der Waals surface area contributed by atoms with Crippen molar-refractivity contribution in [2.75, 3.05) is 0 Å². The number of benzene rings is 10. The quantitative estimate of drug-likeness (QED) is 0.151. The summed E-state index contributed by atoms with van der Waals surface area (Å²) in [7, 11) is 0. The Hall–Kier alpha value is -7.94. The van der Waals surface area contributed by atoms with E-state index in [4.69, 9.17) is 9.97 Å². The Morgan fingerprint density at radius 3 is 1.28 bits per heavy atom. The summed E-state index contributed by atoms with van der Waals surface area (Å²) >= 11 is 0. The van der Waals surface area contributed by atoms with Crippen molar-refractivity contribution in [2.24, 2.45) is 0 Å². The molecule has 10 aromatic carbocycles. The predicted molar refractivity (Wildman–Crippen MR) is 257 cm³/mol. The third-order valence-electron chi connectivity index (χ3n) is 12.1. The van der Waals surface area contributed by atoms with Crippen LogP contribution in [0.15, 0.2) is 224 Å². The maximum Gasteiger partial charge on any atom is 0.160 e. The zero-order chi connectivity index (χ0) is 40.7. The molecule has 0 saturated heterocycles. The van der Waals surface area contributed by atoms with Crippen LogP contribution in [0.3, 0.4) is 0 Å². The summed E-state index contributed by atoms with van der Waals surface area (Å²) in [6.07, 6.45) is 0. The van der Waals surface area contributed by atoms with Gasteiger partial charge in [-0.2, -0.15) is 0 Å². The number of hydrogen-bond acceptors (Lipinski definition) is 2. The van der Waals surface area contributed by atoms with E-state index in [1.165, 1.54) is 60.1 Å². The highest BCUT2D eigenvalue weighted by molar-refractivity contribution is 6.26. The summed E-state index contributed by atoms with van der Waals surface area (Å²) in [6.45, 7) is 2.29. The molecule has 61 heavy (non-hydrogen) atoms. The highest BCUT2D eigenvalue weighted by Gasteiger charge is 2.17. The summed E-state index contributed by atoms with van der Waals surface area (Å²) in [4.78, 5) is 10.6. The first-order chi connectivity index (χ1) is 30.2. The van der Waals surface area contributed by atoms with Gasteiger partial charge in [-0.3, -0.25) is 0 Å². The Morgan fingerprint density at radius 1 is 0.262 bits per heavy atom. The molecule has 286 valence electrons. The predicted octanol–water partition coefficient (Wildman–Crippen LogP) is 15.9. The zero-order valence-electron chi connectivity index (χ0n) is 33.8. The Balaban J connectivity index is 1.06. The molecule has 0 radical (unpaired) electrons. The molecule has 11 aromatic rings. The van der Waals surface area contributed by atoms with Crippen LogP contribution in [0.4, 0.5) is 0 Å². The van der Waals surface area contributed by atoms with Gasteiger partial charge in [-0.25, -0.2) is 9.97 Å². The number of hydrogen-bond donors (Lipinski definition) is 0. The smallest absolute Gasteiger partial charge is 0.160 e. The fraction of sp³-hybridized carbons (Fsp3) is 0.0169. The lowest BCUT2D eigenvalue weighted by Crippen LogP contribution is -1.97. The highest BCUT2D eigenvalue weighted by atomic mass is 14.9. The molecule has 1 heterocycles. The molecule has 0 fully saturated rings. The van der Waals surface area contributed by atoms with Gasteiger partial charge in [-0.1, -0.05) is 200 Å². The Labute approximate surface area is 356 Å². The topological polar surface area (TPSA) is 25.8 Å². The van der Waals surface area contributed by atoms with Crippen LogP contribution >= 0.6 is 0 Å². The van der Waals surface area contributed by atoms with Gasteiger partial charge in [0, 0.05) is 16.7 Å². The maximum absolute atomic E-state index is 5.32. The molecule has 0 aliphatic carbocycles. The van der Waals surface area contributed by atoms with Gasteiger partial charge < -0.3 is 0 Å². The van der Waals surface area contributed by atoms with E-state index in [0.29, 0.717) is 5.82 Å². The minimum atomic E-state index is 0.688. The van der Waals surface area contributed by atoms with Crippen molar-refractivity contribution in [1.29, 1.82) is 0 Å². The molecule has 0 spiro atoms. The molecular weight excluding hydrogens is 737 g/mol. The van der Waals surface area contributed by atoms with Crippen LogP contribution in [0.2, 0.25) is 0 Å². The summed E-state index contributed by atoms with van der Waals surface area (Å²) in [5.41, 5.74) is 15.4. The summed E-state index contributed by atoms with van der Waals surface area (Å²) in [5, 5.41) is 7.74. The van der Waals surface area contributed by atoms with Crippen LogP contribution in [-0.2, 0) is 0 Å². The Morgan fingerprint density at radius 2 is 0.672 bits per heavy atom. The highest BCUT2D eigenvalue weighted by Crippen LogP contribution is 2.43. The molecule has 2 nitrogen and oxygen atoms in total. The molecule has 0 aliphatic heterocycles. The second-order valence-electron chi connectivity index (χ2n) is 15.7. The third kappa shape index (κ3) is 6.65. The van der Waals surface area contributed by atoms with E-state index in [0.717, 1.165) is 50.3 Å². The van der Waals surface area contributed by atoms with Gasteiger partial charge >= 0.3 is 0 Å². The molecule has 11 rings (SSSR count). The SMILES string of the molecule is Cc1c(-c2ccccc2-c2cccc(-c3cc(-c4cccc(-c5ccccc5)c4)nc(-c4cccc(-c5ccccc5)c4)n3)c2)ccc2c3ccccc3c3ccccc3c12. The van der Waals surface area contributed by atoms with Gasteiger partial charge in [0.1, 0.15) is 0 Å². The third-order valence-corrected chi connectivity index (χ3v) is 12.1. The number of nitrogens with zero attached hydrogens (tertiary/aromatic N) is 2. The van der Waals surface area contributed by atoms with Crippen LogP contribution < -0.4 is 0 Å². The normalized spacial score (nSPS) is 11.4. The average molecular weight is 777 g/mol. The first-order valence-corrected chi connectivity index (χ1v) is 20.9. The summed E-state index contributed by atoms with van der Waals surface area (Å²) in [6, 6.07) is 80.3. The minimum absolute atomic E-state index is 0.688. The molecule has 1 aromatic heterocycles. The van der Waals surface area contributed by atoms with Crippen molar-refractivity contribution in [2.45, 2.75) is 6.92 Å². The molecule has 0 N–H and O–H groups in total. The lowest BCUT2D eigenvalue weighted by molar-refractivity contribution is 1.18. The maximum atomic E-state index is 5.32. The Kier molecular flexibility index (Phi) is 9.09. The second-order valence-corrected chi connectivity index (χ2v) is 15.7. The molecule has 0 atom stereocenters. The van der Waals surface area contributed by atoms with Gasteiger partial charge in [0.25, 0.3) is 0 Å². The standard InChI is InChI=1S/C59H40N2/c1-39-48(33-34-55-53-31-11-10-29-51(53)52-30-12-13-32-54(52)58(39)55)50-28-9-8-27-49(50)44-23-16-25-46(37-44)57-38-56(45-24-14-21-42(35-45)40-17-4-2-5-18-40)60-59(61-57)47-26-15-22-43(36-47)41-19-6-3-7-20-41/h2-38H,1H3. The molecule has 0 amide bonds. The van der Waals surface area contributed by atoms with Gasteiger partial charge in [-0.05, 0) is 114 Å². The first kappa shape index (κ1) is 36.2. The second kappa shape index (κ2) is 15.3. The van der Waals surface area contributed by atoms with Gasteiger partial charge in [0.15, 0.2) is 5.82 Å². The van der Waals surface area contributed by atoms with Crippen molar-refractivity contribution in [1.82, 2.24) is 9.97 Å². The average Bonchev–Trinajstić information content (AvgIpc) is 3.34. The number of rotatable bonds is 7. The van der Waals surface area contributed by atoms with Crippen LogP contribution in [-0.4, -0.2) is 9.97 Å². The van der Waals surface area contributed by atoms with E-state index in [1.807, 2.05) is 0 Å². The number of fused-ring (bicyclic) bond motifs is 6. The van der Waals surface area contributed by atoms with Crippen molar-refractivity contribution in [3.63, 3.8) is 0 Å². The van der Waals surface area contributed by atoms with Gasteiger partial charge in [0.2, 0.25) is 0 Å². The van der Waals surface area contributed by atoms with Crippen LogP contribution in [0.1, 0.15) is 5.56 Å². The summed E-state index contributed by atoms with van der Waals surface area (Å²) in [5.74, 6) is 0.688. The van der Waals surface area contributed by atoms with Crippen LogP contribution in [0.25, 0.3) is 111 Å². The largest absolute Gasteiger partial charge is 0.228 e. The molecule has 0 unspecified atom stereocenters. The van der Waals surface area contributed by atoms with Gasteiger partial charge in [0.05, 0.1) is 11.4 Å². The van der Waals surface area contributed by atoms with Crippen LogP contribution in [0, 0.1) is 6.92 Å². The number of aromatic nitrogens is 2. The van der Waals surface area contributed by atoms with E-state index in [1.54, 1.807) is 0 Å². The molecular formula is C59H40N2. The minimum Gasteiger partial charge on any atom is -0.228 e. The van der Waals surface area contributed by atoms with Crippen molar-refractivity contribution in [3.8, 4) is 78.4 Å². The molecule has 2 heteroatoms. The van der Waals surface area contributed by atoms with E-state index in [-0.39, 0.29) is 0 Å². The lowest BCUT2D eigenvalue weighted by atomic mass is 9.86. The first-order valence-electron chi connectivity index (χ1n) is 20.9. The molecule has 0 bridgehead atoms. The van der Waals surface area contributed by atoms with E-state index in [9.17, 15) is 0 Å². The van der Waals surface area contributed by atoms with E-state index < -0.39 is 0 Å². The zero-order valence-corrected chi connectivity index (χ0v) is 33.8. The van der Waals surface area contributed by atoms with Crippen molar-refractivity contribution >= 4 is 32.3 Å². The fourth-order valence-electron chi connectivity index (χ4n) is 9.11. The van der Waals surface area contributed by atoms with E-state index >= 15 is 0 Å². The Bertz CT molecular complexity index is 3290. The van der Waals surface area contributed by atoms with E-state index in [2.05, 4.69) is 231 Å². The molecule has 0 aliphatic rings. The van der Waals surface area contributed by atoms with Crippen LogP contribution in [0.5, 0.6) is 0 Å². The van der Waals surface area contributed by atoms with Crippen molar-refractivity contribution in [3.05, 3.63) is 230 Å². The molecule has 0 saturated carbocycles. The number of aryl methyl sites for hydroxylation is 1. The fourth-order valence-corrected chi connectivity index (χ4v) is 9.11. The van der Waals surface area contributed by atoms with Gasteiger partial charge in [-0.15, -0.1) is 0 Å².